The molecule has 148 valence electrons. The SMILES string of the molecule is CCC(=O)CCSC1CC(=O)N(CCC(=O)NCCOCCOC)C1=O. The van der Waals surface area contributed by atoms with Gasteiger partial charge in [-0.05, 0) is 0 Å². The number of amides is 3. The van der Waals surface area contributed by atoms with Gasteiger partial charge in [-0.15, -0.1) is 11.8 Å². The molecule has 26 heavy (non-hydrogen) atoms. The quantitative estimate of drug-likeness (QED) is 0.339. The minimum Gasteiger partial charge on any atom is -0.382 e. The Morgan fingerprint density at radius 2 is 2.00 bits per heavy atom. The van der Waals surface area contributed by atoms with Gasteiger partial charge in [-0.2, -0.15) is 0 Å². The average molecular weight is 388 g/mol. The van der Waals surface area contributed by atoms with Crippen LogP contribution in [0.25, 0.3) is 0 Å². The number of carbonyl (C=O) groups is 4. The van der Waals surface area contributed by atoms with Crippen molar-refractivity contribution < 1.29 is 28.7 Å². The van der Waals surface area contributed by atoms with Crippen LogP contribution in [0.5, 0.6) is 0 Å². The van der Waals surface area contributed by atoms with Gasteiger partial charge >= 0.3 is 0 Å². The summed E-state index contributed by atoms with van der Waals surface area (Å²) in [4.78, 5) is 48.5. The Hall–Kier alpha value is -1.45. The summed E-state index contributed by atoms with van der Waals surface area (Å²) in [6.07, 6.45) is 1.10. The maximum atomic E-state index is 12.3. The number of ketones is 1. The van der Waals surface area contributed by atoms with Gasteiger partial charge in [-0.25, -0.2) is 0 Å². The van der Waals surface area contributed by atoms with Gasteiger partial charge in [-0.3, -0.25) is 24.1 Å². The third-order valence-electron chi connectivity index (χ3n) is 3.86. The second-order valence-corrected chi connectivity index (χ2v) is 7.11. The molecule has 9 heteroatoms. The predicted molar refractivity (Wildman–Crippen MR) is 97.8 cm³/mol. The van der Waals surface area contributed by atoms with Gasteiger partial charge < -0.3 is 14.8 Å². The lowest BCUT2D eigenvalue weighted by Gasteiger charge is -2.14. The topological polar surface area (TPSA) is 102 Å². The molecule has 1 aliphatic rings. The molecule has 1 heterocycles. The van der Waals surface area contributed by atoms with Crippen molar-refractivity contribution >= 4 is 35.3 Å². The van der Waals surface area contributed by atoms with E-state index in [0.717, 1.165) is 4.90 Å². The Morgan fingerprint density at radius 1 is 1.23 bits per heavy atom. The largest absolute Gasteiger partial charge is 0.382 e. The van der Waals surface area contributed by atoms with E-state index in [1.165, 1.54) is 11.8 Å². The maximum absolute atomic E-state index is 12.3. The van der Waals surface area contributed by atoms with Crippen LogP contribution >= 0.6 is 11.8 Å². The van der Waals surface area contributed by atoms with E-state index < -0.39 is 5.25 Å². The number of hydrogen-bond acceptors (Lipinski definition) is 7. The first-order chi connectivity index (χ1) is 12.5. The monoisotopic (exact) mass is 388 g/mol. The number of imide groups is 1. The summed E-state index contributed by atoms with van der Waals surface area (Å²) in [6, 6.07) is 0. The molecule has 0 saturated carbocycles. The first-order valence-electron chi connectivity index (χ1n) is 8.80. The minimum atomic E-state index is -0.440. The van der Waals surface area contributed by atoms with Crippen LogP contribution in [0.1, 0.15) is 32.6 Å². The predicted octanol–water partition coefficient (Wildman–Crippen LogP) is 0.386. The van der Waals surface area contributed by atoms with Gasteiger partial charge in [0.1, 0.15) is 5.78 Å². The molecule has 3 amide bonds. The standard InChI is InChI=1S/C17H28N2O6S/c1-3-13(20)5-11-26-14-12-16(22)19(17(14)23)7-4-15(21)18-6-8-25-10-9-24-2/h14H,3-12H2,1-2H3,(H,18,21). The van der Waals surface area contributed by atoms with Crippen LogP contribution in [0.2, 0.25) is 0 Å². The van der Waals surface area contributed by atoms with E-state index in [2.05, 4.69) is 5.32 Å². The number of carbonyl (C=O) groups excluding carboxylic acids is 4. The number of nitrogens with zero attached hydrogens (tertiary/aromatic N) is 1. The number of ether oxygens (including phenoxy) is 2. The van der Waals surface area contributed by atoms with Gasteiger partial charge in [0, 0.05) is 51.6 Å². The molecule has 0 aromatic carbocycles. The van der Waals surface area contributed by atoms with Gasteiger partial charge in [-0.1, -0.05) is 6.92 Å². The second-order valence-electron chi connectivity index (χ2n) is 5.79. The Bertz CT molecular complexity index is 500. The molecule has 1 saturated heterocycles. The molecule has 0 aromatic rings. The third-order valence-corrected chi connectivity index (χ3v) is 5.07. The van der Waals surface area contributed by atoms with Gasteiger partial charge in [0.15, 0.2) is 0 Å². The van der Waals surface area contributed by atoms with E-state index in [0.29, 0.717) is 45.0 Å². The zero-order chi connectivity index (χ0) is 19.4. The van der Waals surface area contributed by atoms with E-state index in [1.807, 2.05) is 0 Å². The molecular formula is C17H28N2O6S. The highest BCUT2D eigenvalue weighted by molar-refractivity contribution is 8.00. The summed E-state index contributed by atoms with van der Waals surface area (Å²) in [5, 5.41) is 2.24. The molecule has 0 radical (unpaired) electrons. The molecule has 8 nitrogen and oxygen atoms in total. The molecule has 1 N–H and O–H groups in total. The fourth-order valence-corrected chi connectivity index (χ4v) is 3.48. The van der Waals surface area contributed by atoms with E-state index in [1.54, 1.807) is 14.0 Å². The number of hydrogen-bond donors (Lipinski definition) is 1. The molecule has 0 aromatic heterocycles. The smallest absolute Gasteiger partial charge is 0.242 e. The normalized spacial score (nSPS) is 17.0. The van der Waals surface area contributed by atoms with Crippen molar-refractivity contribution in [3.63, 3.8) is 0 Å². The summed E-state index contributed by atoms with van der Waals surface area (Å²) in [7, 11) is 1.58. The fourth-order valence-electron chi connectivity index (χ4n) is 2.32. The lowest BCUT2D eigenvalue weighted by atomic mass is 10.2. The van der Waals surface area contributed by atoms with Crippen LogP contribution in [0.15, 0.2) is 0 Å². The van der Waals surface area contributed by atoms with Crippen molar-refractivity contribution in [2.75, 3.05) is 45.8 Å². The summed E-state index contributed by atoms with van der Waals surface area (Å²) < 4.78 is 10.1. The van der Waals surface area contributed by atoms with Crippen molar-refractivity contribution in [2.24, 2.45) is 0 Å². The van der Waals surface area contributed by atoms with Crippen LogP contribution in [0, 0.1) is 0 Å². The van der Waals surface area contributed by atoms with E-state index >= 15 is 0 Å². The number of Topliss-reactive ketones (excluding diaryl/α,β-unsaturated/α-hetero) is 1. The Kier molecular flexibility index (Phi) is 11.1. The van der Waals surface area contributed by atoms with E-state index in [4.69, 9.17) is 9.47 Å². The first-order valence-corrected chi connectivity index (χ1v) is 9.85. The molecule has 1 rings (SSSR count). The highest BCUT2D eigenvalue weighted by Gasteiger charge is 2.38. The lowest BCUT2D eigenvalue weighted by Crippen LogP contribution is -2.36. The second kappa shape index (κ2) is 12.8. The summed E-state index contributed by atoms with van der Waals surface area (Å²) in [6.45, 7) is 3.60. The summed E-state index contributed by atoms with van der Waals surface area (Å²) in [5.74, 6) is -0.0717. The van der Waals surface area contributed by atoms with E-state index in [-0.39, 0.29) is 42.9 Å². The number of likely N-dealkylation sites (tertiary alicyclic amines) is 1. The summed E-state index contributed by atoms with van der Waals surface area (Å²) >= 11 is 1.34. The minimum absolute atomic E-state index is 0.0707. The highest BCUT2D eigenvalue weighted by Crippen LogP contribution is 2.25. The van der Waals surface area contributed by atoms with Gasteiger partial charge in [0.2, 0.25) is 17.7 Å². The zero-order valence-electron chi connectivity index (χ0n) is 15.5. The van der Waals surface area contributed by atoms with Crippen molar-refractivity contribution in [3.05, 3.63) is 0 Å². The molecule has 1 fully saturated rings. The van der Waals surface area contributed by atoms with Crippen LogP contribution in [0.3, 0.4) is 0 Å². The third kappa shape index (κ3) is 8.29. The Balaban J connectivity index is 2.23. The van der Waals surface area contributed by atoms with Gasteiger partial charge in [0.25, 0.3) is 0 Å². The van der Waals surface area contributed by atoms with Crippen molar-refractivity contribution in [1.82, 2.24) is 10.2 Å². The number of thioether (sulfide) groups is 1. The van der Waals surface area contributed by atoms with Crippen LogP contribution in [-0.4, -0.2) is 79.4 Å². The molecule has 0 bridgehead atoms. The molecule has 1 aliphatic heterocycles. The number of nitrogens with one attached hydrogen (secondary N) is 1. The fraction of sp³-hybridized carbons (Fsp3) is 0.765. The Labute approximate surface area is 158 Å². The maximum Gasteiger partial charge on any atom is 0.242 e. The zero-order valence-corrected chi connectivity index (χ0v) is 16.3. The molecule has 1 atom stereocenters. The van der Waals surface area contributed by atoms with Crippen LogP contribution in [0.4, 0.5) is 0 Å². The average Bonchev–Trinajstić information content (AvgIpc) is 2.89. The van der Waals surface area contributed by atoms with Gasteiger partial charge in [0.05, 0.1) is 25.1 Å². The molecule has 1 unspecified atom stereocenters. The Morgan fingerprint density at radius 3 is 2.69 bits per heavy atom. The van der Waals surface area contributed by atoms with Crippen molar-refractivity contribution in [2.45, 2.75) is 37.9 Å². The lowest BCUT2D eigenvalue weighted by molar-refractivity contribution is -0.138. The molecule has 0 spiro atoms. The van der Waals surface area contributed by atoms with Crippen LogP contribution < -0.4 is 5.32 Å². The number of rotatable bonds is 14. The van der Waals surface area contributed by atoms with E-state index in [9.17, 15) is 19.2 Å². The first kappa shape index (κ1) is 22.6. The van der Waals surface area contributed by atoms with Crippen LogP contribution in [-0.2, 0) is 28.7 Å². The summed E-state index contributed by atoms with van der Waals surface area (Å²) in [5.41, 5.74) is 0. The highest BCUT2D eigenvalue weighted by atomic mass is 32.2. The van der Waals surface area contributed by atoms with Crippen molar-refractivity contribution in [3.8, 4) is 0 Å². The number of methoxy groups -OCH3 is 1. The molecular weight excluding hydrogens is 360 g/mol. The molecule has 0 aliphatic carbocycles. The van der Waals surface area contributed by atoms with Crippen molar-refractivity contribution in [1.29, 1.82) is 0 Å².